The number of hydrogen-bond acceptors (Lipinski definition) is 2. The van der Waals surface area contributed by atoms with Crippen molar-refractivity contribution in [3.05, 3.63) is 95.1 Å². The summed E-state index contributed by atoms with van der Waals surface area (Å²) in [6.45, 7) is 0. The van der Waals surface area contributed by atoms with E-state index in [-0.39, 0.29) is 46.6 Å². The van der Waals surface area contributed by atoms with Crippen LogP contribution in [0.1, 0.15) is 22.8 Å². The normalized spacial score (nSPS) is 12.7. The van der Waals surface area contributed by atoms with Crippen molar-refractivity contribution in [1.29, 1.82) is 0 Å². The molecular weight excluding hydrogens is 529 g/mol. The van der Waals surface area contributed by atoms with E-state index in [1.165, 1.54) is 24.3 Å². The second-order valence-corrected chi connectivity index (χ2v) is 7.95. The van der Waals surface area contributed by atoms with Gasteiger partial charge in [-0.3, -0.25) is 0 Å². The van der Waals surface area contributed by atoms with E-state index < -0.39 is 40.2 Å². The summed E-state index contributed by atoms with van der Waals surface area (Å²) in [5, 5.41) is 0. The van der Waals surface area contributed by atoms with Gasteiger partial charge in [-0.1, -0.05) is 34.8 Å². The summed E-state index contributed by atoms with van der Waals surface area (Å²) < 4.78 is 75.9. The number of halogens is 5. The molecule has 6 rings (SSSR count). The first-order chi connectivity index (χ1) is 16.9. The second kappa shape index (κ2) is 8.95. The zero-order valence-electron chi connectivity index (χ0n) is 18.4. The first-order valence-corrected chi connectivity index (χ1v) is 10.5. The van der Waals surface area contributed by atoms with Gasteiger partial charge in [0.15, 0.2) is 23.3 Å². The fraction of sp³-hybridized carbons (Fsp3) is 0. The minimum atomic E-state index is -1.68. The molecule has 36 heavy (non-hydrogen) atoms. The number of H-pyrrole nitrogens is 1. The molecule has 4 aromatic rings. The van der Waals surface area contributed by atoms with Gasteiger partial charge in [0.2, 0.25) is 0 Å². The molecule has 10 heteroatoms. The van der Waals surface area contributed by atoms with Crippen LogP contribution in [-0.2, 0) is 19.5 Å². The molecule has 0 spiro atoms. The van der Waals surface area contributed by atoms with E-state index in [0.717, 1.165) is 0 Å². The van der Waals surface area contributed by atoms with Crippen LogP contribution in [0.5, 0.6) is 0 Å². The van der Waals surface area contributed by atoms with Gasteiger partial charge in [0.25, 0.3) is 0 Å². The van der Waals surface area contributed by atoms with Crippen LogP contribution in [0.2, 0.25) is 0 Å². The van der Waals surface area contributed by atoms with Gasteiger partial charge in [-0.25, -0.2) is 27.5 Å². The Labute approximate surface area is 213 Å². The molecule has 0 unspecified atom stereocenters. The fourth-order valence-electron chi connectivity index (χ4n) is 4.11. The number of nitrogens with one attached hydrogen (secondary N) is 1. The summed E-state index contributed by atoms with van der Waals surface area (Å²) >= 11 is 0. The van der Waals surface area contributed by atoms with Gasteiger partial charge in [-0.15, -0.1) is 0 Å². The van der Waals surface area contributed by atoms with Crippen molar-refractivity contribution in [3.8, 4) is 11.1 Å². The van der Waals surface area contributed by atoms with Crippen molar-refractivity contribution in [2.75, 3.05) is 0 Å². The maximum absolute atomic E-state index is 15.6. The molecule has 2 aliphatic heterocycles. The molecule has 3 aromatic heterocycles. The molecular formula is C26H13F5N4Zn. The van der Waals surface area contributed by atoms with Crippen molar-refractivity contribution in [1.82, 2.24) is 19.7 Å². The summed E-state index contributed by atoms with van der Waals surface area (Å²) in [6, 6.07) is 15.3. The predicted octanol–water partition coefficient (Wildman–Crippen LogP) is 7.40. The number of nitrogens with zero attached hydrogens (tertiary/aromatic N) is 3. The molecule has 0 fully saturated rings. The van der Waals surface area contributed by atoms with E-state index in [2.05, 4.69) is 15.0 Å². The fourth-order valence-corrected chi connectivity index (χ4v) is 4.11. The Morgan fingerprint density at radius 1 is 0.722 bits per heavy atom. The third-order valence-corrected chi connectivity index (χ3v) is 5.72. The van der Waals surface area contributed by atoms with Gasteiger partial charge >= 0.3 is 0 Å². The Hall–Kier alpha value is -3.91. The summed E-state index contributed by atoms with van der Waals surface area (Å²) in [5.41, 5.74) is -1.44. The number of benzene rings is 1. The number of hydrogen-bond donors (Lipinski definition) is 1. The molecule has 5 heterocycles. The average Bonchev–Trinajstić information content (AvgIpc) is 3.60. The Kier molecular flexibility index (Phi) is 5.92. The Bertz CT molecular complexity index is 1750. The van der Waals surface area contributed by atoms with Crippen molar-refractivity contribution < 1.29 is 41.5 Å². The van der Waals surface area contributed by atoms with Crippen LogP contribution in [0, 0.1) is 11.6 Å². The van der Waals surface area contributed by atoms with Crippen molar-refractivity contribution in [2.45, 2.75) is 0 Å². The monoisotopic (exact) mass is 540 g/mol. The topological polar surface area (TPSA) is 46.5 Å². The van der Waals surface area contributed by atoms with Gasteiger partial charge in [-0.2, -0.15) is 4.79 Å². The maximum Gasteiger partial charge on any atom is 0.189 e. The molecule has 0 saturated carbocycles. The second-order valence-electron chi connectivity index (χ2n) is 7.95. The quantitative estimate of drug-likeness (QED) is 0.178. The minimum Gasteiger partial charge on any atom is -0.355 e. The largest absolute Gasteiger partial charge is 0.355 e. The molecule has 0 amide bonds. The third-order valence-electron chi connectivity index (χ3n) is 5.72. The minimum absolute atomic E-state index is 0. The van der Waals surface area contributed by atoms with Gasteiger partial charge in [0.1, 0.15) is 16.9 Å². The van der Waals surface area contributed by atoms with E-state index in [1.807, 2.05) is 0 Å². The molecule has 0 saturated heterocycles. The molecule has 0 aliphatic carbocycles. The van der Waals surface area contributed by atoms with Crippen molar-refractivity contribution in [2.24, 2.45) is 0 Å². The standard InChI is InChI=1S/C26H13F5N4.Zn/c27-21-18-11-16-8-6-14(32-16)10-15-7-9-17(33-15)12-19-20(13-4-2-1-3-5-13)22(28)26(35(19)31)24(30)25(34-18)23(21)29;/h1-12,32H;. The summed E-state index contributed by atoms with van der Waals surface area (Å²) in [6.07, 6.45) is 3.27. The smallest absolute Gasteiger partial charge is 0.189 e. The predicted molar refractivity (Wildman–Crippen MR) is 124 cm³/mol. The molecule has 174 valence electrons. The van der Waals surface area contributed by atoms with Gasteiger partial charge in [-0.05, 0) is 48.0 Å². The van der Waals surface area contributed by atoms with E-state index in [9.17, 15) is 8.78 Å². The van der Waals surface area contributed by atoms with Crippen molar-refractivity contribution >= 4 is 45.9 Å². The average molecular weight is 542 g/mol. The molecule has 0 atom stereocenters. The van der Waals surface area contributed by atoms with E-state index in [4.69, 9.17) is 0 Å². The zero-order chi connectivity index (χ0) is 24.3. The molecule has 1 N–H and O–H groups in total. The first kappa shape index (κ1) is 23.8. The van der Waals surface area contributed by atoms with Crippen LogP contribution < -0.4 is 0 Å². The number of rotatable bonds is 1. The molecule has 8 bridgehead atoms. The SMILES string of the molecule is FC1=C(F)c2nc1cc1ccc(cc3nc(cc4c(-c5ccccc5)c(F)c(c2F)n4F)C=C3)[nH]1.[Zn]. The maximum atomic E-state index is 15.6. The molecule has 4 nitrogen and oxygen atoms in total. The Morgan fingerprint density at radius 3 is 2.11 bits per heavy atom. The van der Waals surface area contributed by atoms with E-state index in [1.54, 1.807) is 48.6 Å². The summed E-state index contributed by atoms with van der Waals surface area (Å²) in [5.74, 6) is -6.05. The van der Waals surface area contributed by atoms with Gasteiger partial charge in [0, 0.05) is 36.1 Å². The molecule has 0 radical (unpaired) electrons. The van der Waals surface area contributed by atoms with Crippen LogP contribution in [0.4, 0.5) is 22.0 Å². The van der Waals surface area contributed by atoms with Crippen LogP contribution in [-0.4, -0.2) is 19.7 Å². The number of aromatic nitrogens is 4. The number of aromatic amines is 1. The van der Waals surface area contributed by atoms with Crippen molar-refractivity contribution in [3.63, 3.8) is 0 Å². The van der Waals surface area contributed by atoms with Crippen LogP contribution in [0.3, 0.4) is 0 Å². The van der Waals surface area contributed by atoms with Crippen LogP contribution >= 0.6 is 0 Å². The Balaban J connectivity index is 0.00000267. The van der Waals surface area contributed by atoms with Crippen LogP contribution in [0.25, 0.3) is 57.0 Å². The van der Waals surface area contributed by atoms with E-state index >= 15 is 13.3 Å². The zero-order valence-corrected chi connectivity index (χ0v) is 21.3. The van der Waals surface area contributed by atoms with Gasteiger partial charge < -0.3 is 4.98 Å². The summed E-state index contributed by atoms with van der Waals surface area (Å²) in [7, 11) is 0. The first-order valence-electron chi connectivity index (χ1n) is 10.5. The van der Waals surface area contributed by atoms with Gasteiger partial charge in [0.05, 0.1) is 16.9 Å². The van der Waals surface area contributed by atoms with E-state index in [0.29, 0.717) is 16.7 Å². The Morgan fingerprint density at radius 2 is 1.39 bits per heavy atom. The third kappa shape index (κ3) is 3.78. The number of fused-ring (bicyclic) bond motifs is 8. The molecule has 1 aromatic carbocycles. The van der Waals surface area contributed by atoms with Crippen LogP contribution in [0.15, 0.2) is 60.7 Å². The summed E-state index contributed by atoms with van der Waals surface area (Å²) in [4.78, 5) is 10.8. The molecule has 2 aliphatic rings.